The average molecular weight is 559 g/mol. The number of hydrogen-bond acceptors (Lipinski definition) is 7. The molecule has 1 aliphatic heterocycles. The van der Waals surface area contributed by atoms with Crippen LogP contribution in [0.25, 0.3) is 33.5 Å². The summed E-state index contributed by atoms with van der Waals surface area (Å²) in [6.07, 6.45) is 1.61. The minimum Gasteiger partial charge on any atom is -0.496 e. The van der Waals surface area contributed by atoms with Gasteiger partial charge in [-0.2, -0.15) is 9.78 Å². The molecule has 0 N–H and O–H groups in total. The van der Waals surface area contributed by atoms with Gasteiger partial charge >= 0.3 is 0 Å². The highest BCUT2D eigenvalue weighted by molar-refractivity contribution is 9.10. The van der Waals surface area contributed by atoms with E-state index in [2.05, 4.69) is 25.9 Å². The van der Waals surface area contributed by atoms with Crippen molar-refractivity contribution in [3.63, 3.8) is 0 Å². The third-order valence-corrected chi connectivity index (χ3v) is 6.85. The molecule has 1 aliphatic rings. The standard InChI is InChI=1S/C28H23BrN4O4/c1-35-25-16-21(32-10-12-36-13-11-32)8-6-18(25)17-30-33-27(31-23-5-3-2-4-22(23)28(33)34)26-15-19-14-20(29)7-9-24(19)37-26/h2-9,14-17H,10-13H2,1H3. The molecule has 0 radical (unpaired) electrons. The van der Waals surface area contributed by atoms with Crippen LogP contribution in [-0.4, -0.2) is 49.3 Å². The number of morpholine rings is 1. The third-order valence-electron chi connectivity index (χ3n) is 6.36. The van der Waals surface area contributed by atoms with E-state index in [9.17, 15) is 4.79 Å². The van der Waals surface area contributed by atoms with Crippen LogP contribution < -0.4 is 15.2 Å². The van der Waals surface area contributed by atoms with Crippen LogP contribution in [0.2, 0.25) is 0 Å². The summed E-state index contributed by atoms with van der Waals surface area (Å²) >= 11 is 3.49. The highest BCUT2D eigenvalue weighted by Crippen LogP contribution is 2.30. The van der Waals surface area contributed by atoms with Crippen LogP contribution in [0.1, 0.15) is 5.56 Å². The van der Waals surface area contributed by atoms with Gasteiger partial charge in [-0.1, -0.05) is 28.1 Å². The van der Waals surface area contributed by atoms with Crippen molar-refractivity contribution in [3.05, 3.63) is 87.1 Å². The topological polar surface area (TPSA) is 82.1 Å². The summed E-state index contributed by atoms with van der Waals surface area (Å²) in [6, 6.07) is 20.7. The second-order valence-electron chi connectivity index (χ2n) is 8.63. The monoisotopic (exact) mass is 558 g/mol. The molecule has 0 amide bonds. The maximum Gasteiger partial charge on any atom is 0.282 e. The van der Waals surface area contributed by atoms with Gasteiger partial charge in [0.2, 0.25) is 5.82 Å². The molecule has 37 heavy (non-hydrogen) atoms. The number of ether oxygens (including phenoxy) is 2. The minimum absolute atomic E-state index is 0.289. The van der Waals surface area contributed by atoms with E-state index in [-0.39, 0.29) is 5.56 Å². The lowest BCUT2D eigenvalue weighted by Crippen LogP contribution is -2.36. The van der Waals surface area contributed by atoms with Crippen molar-refractivity contribution >= 4 is 49.7 Å². The summed E-state index contributed by atoms with van der Waals surface area (Å²) in [5.74, 6) is 1.42. The number of hydrogen-bond donors (Lipinski definition) is 0. The largest absolute Gasteiger partial charge is 0.496 e. The van der Waals surface area contributed by atoms with Crippen molar-refractivity contribution < 1.29 is 13.9 Å². The maximum absolute atomic E-state index is 13.5. The fourth-order valence-corrected chi connectivity index (χ4v) is 4.84. The first kappa shape index (κ1) is 23.4. The highest BCUT2D eigenvalue weighted by atomic mass is 79.9. The molecule has 0 saturated carbocycles. The Kier molecular flexibility index (Phi) is 6.23. The van der Waals surface area contributed by atoms with Crippen LogP contribution in [0.5, 0.6) is 5.75 Å². The van der Waals surface area contributed by atoms with Crippen LogP contribution in [-0.2, 0) is 4.74 Å². The molecule has 1 fully saturated rings. The van der Waals surface area contributed by atoms with E-state index in [1.807, 2.05) is 54.6 Å². The van der Waals surface area contributed by atoms with Crippen molar-refractivity contribution in [1.82, 2.24) is 9.66 Å². The molecule has 3 aromatic carbocycles. The molecule has 2 aromatic heterocycles. The molecule has 0 atom stereocenters. The number of anilines is 1. The molecule has 5 aromatic rings. The predicted molar refractivity (Wildman–Crippen MR) is 148 cm³/mol. The maximum atomic E-state index is 13.5. The summed E-state index contributed by atoms with van der Waals surface area (Å²) in [5, 5.41) is 5.94. The van der Waals surface area contributed by atoms with E-state index in [1.165, 1.54) is 4.68 Å². The van der Waals surface area contributed by atoms with Gasteiger partial charge in [-0.25, -0.2) is 4.98 Å². The first-order valence-corrected chi connectivity index (χ1v) is 12.7. The zero-order chi connectivity index (χ0) is 25.4. The molecule has 3 heterocycles. The van der Waals surface area contributed by atoms with Gasteiger partial charge in [0.25, 0.3) is 5.56 Å². The van der Waals surface area contributed by atoms with Crippen LogP contribution in [0.3, 0.4) is 0 Å². The van der Waals surface area contributed by atoms with Gasteiger partial charge in [0.1, 0.15) is 11.3 Å². The second-order valence-corrected chi connectivity index (χ2v) is 9.55. The number of aromatic nitrogens is 2. The SMILES string of the molecule is COc1cc(N2CCOCC2)ccc1C=Nn1c(-c2cc3cc(Br)ccc3o2)nc2ccccc2c1=O. The highest BCUT2D eigenvalue weighted by Gasteiger charge is 2.17. The zero-order valence-corrected chi connectivity index (χ0v) is 21.6. The molecule has 1 saturated heterocycles. The Morgan fingerprint density at radius 3 is 2.73 bits per heavy atom. The number of fused-ring (bicyclic) bond motifs is 2. The Morgan fingerprint density at radius 2 is 1.89 bits per heavy atom. The fraction of sp³-hybridized carbons (Fsp3) is 0.179. The van der Waals surface area contributed by atoms with E-state index < -0.39 is 0 Å². The van der Waals surface area contributed by atoms with E-state index >= 15 is 0 Å². The van der Waals surface area contributed by atoms with E-state index in [0.717, 1.165) is 34.2 Å². The number of benzene rings is 3. The third kappa shape index (κ3) is 4.52. The smallest absolute Gasteiger partial charge is 0.282 e. The van der Waals surface area contributed by atoms with Crippen LogP contribution in [0, 0.1) is 0 Å². The van der Waals surface area contributed by atoms with Crippen molar-refractivity contribution in [2.45, 2.75) is 0 Å². The molecular weight excluding hydrogens is 536 g/mol. The van der Waals surface area contributed by atoms with Gasteiger partial charge in [0, 0.05) is 40.3 Å². The lowest BCUT2D eigenvalue weighted by atomic mass is 10.1. The first-order valence-electron chi connectivity index (χ1n) is 11.9. The van der Waals surface area contributed by atoms with Crippen LogP contribution >= 0.6 is 15.9 Å². The van der Waals surface area contributed by atoms with Crippen LogP contribution in [0.15, 0.2) is 85.5 Å². The van der Waals surface area contributed by atoms with Crippen LogP contribution in [0.4, 0.5) is 5.69 Å². The summed E-state index contributed by atoms with van der Waals surface area (Å²) in [7, 11) is 1.62. The molecular formula is C28H23BrN4O4. The fourth-order valence-electron chi connectivity index (χ4n) is 4.46. The molecule has 186 valence electrons. The Balaban J connectivity index is 1.46. The van der Waals surface area contributed by atoms with Crippen molar-refractivity contribution in [2.75, 3.05) is 38.3 Å². The summed E-state index contributed by atoms with van der Waals surface area (Å²) < 4.78 is 19.4. The van der Waals surface area contributed by atoms with Gasteiger partial charge in [0.15, 0.2) is 5.76 Å². The number of furan rings is 1. The summed E-state index contributed by atoms with van der Waals surface area (Å²) in [5.41, 5.74) is 2.76. The normalized spacial score (nSPS) is 14.2. The number of halogens is 1. The van der Waals surface area contributed by atoms with Crippen molar-refractivity contribution in [3.8, 4) is 17.3 Å². The zero-order valence-electron chi connectivity index (χ0n) is 20.1. The van der Waals surface area contributed by atoms with E-state index in [1.54, 1.807) is 25.5 Å². The average Bonchev–Trinajstić information content (AvgIpc) is 3.36. The molecule has 0 aliphatic carbocycles. The van der Waals surface area contributed by atoms with E-state index in [4.69, 9.17) is 18.9 Å². The lowest BCUT2D eigenvalue weighted by molar-refractivity contribution is 0.122. The van der Waals surface area contributed by atoms with Crippen molar-refractivity contribution in [1.29, 1.82) is 0 Å². The molecule has 0 bridgehead atoms. The number of methoxy groups -OCH3 is 1. The Labute approximate surface area is 220 Å². The first-order chi connectivity index (χ1) is 18.1. The minimum atomic E-state index is -0.289. The van der Waals surface area contributed by atoms with Crippen molar-refractivity contribution in [2.24, 2.45) is 5.10 Å². The number of nitrogens with zero attached hydrogens (tertiary/aromatic N) is 4. The van der Waals surface area contributed by atoms with Gasteiger partial charge in [0.05, 0.1) is 37.4 Å². The van der Waals surface area contributed by atoms with E-state index in [0.29, 0.717) is 47.0 Å². The molecule has 0 spiro atoms. The van der Waals surface area contributed by atoms with Gasteiger partial charge < -0.3 is 18.8 Å². The lowest BCUT2D eigenvalue weighted by Gasteiger charge is -2.29. The molecule has 9 heteroatoms. The van der Waals surface area contributed by atoms with Gasteiger partial charge in [-0.05, 0) is 48.5 Å². The Morgan fingerprint density at radius 1 is 1.05 bits per heavy atom. The quantitative estimate of drug-likeness (QED) is 0.272. The molecule has 0 unspecified atom stereocenters. The molecule has 8 nitrogen and oxygen atoms in total. The Bertz CT molecular complexity index is 1700. The predicted octanol–water partition coefficient (Wildman–Crippen LogP) is 5.30. The Hall–Kier alpha value is -3.95. The number of para-hydroxylation sites is 1. The summed E-state index contributed by atoms with van der Waals surface area (Å²) in [6.45, 7) is 3.05. The second kappa shape index (κ2) is 9.84. The summed E-state index contributed by atoms with van der Waals surface area (Å²) in [4.78, 5) is 20.5. The molecule has 6 rings (SSSR count). The number of rotatable bonds is 5. The van der Waals surface area contributed by atoms with Gasteiger partial charge in [-0.15, -0.1) is 0 Å². The van der Waals surface area contributed by atoms with Gasteiger partial charge in [-0.3, -0.25) is 4.79 Å².